The summed E-state index contributed by atoms with van der Waals surface area (Å²) in [6.07, 6.45) is 9.45. The molecule has 8 rings (SSSR count). The SMILES string of the molecule is CCOC(=O)c1ncn2cc(-c3c(F)ccc(NS(=O)(=O)c4cc(Cl)cnc4OC)c3F)ncc12.COc1ncc(Cl)cc1S(=O)(=O)Nc1ccc(F)c(-c2cn3cnc(C(=O)O)c3cn2)c1F. The van der Waals surface area contributed by atoms with Gasteiger partial charge in [-0.15, -0.1) is 0 Å². The molecule has 0 unspecified atom stereocenters. The Kier molecular flexibility index (Phi) is 13.7. The second-order valence-corrected chi connectivity index (χ2v) is 17.6. The van der Waals surface area contributed by atoms with E-state index in [1.165, 1.54) is 60.3 Å². The molecular weight excluding hydrogens is 992 g/mol. The van der Waals surface area contributed by atoms with Gasteiger partial charge in [0.2, 0.25) is 11.8 Å². The first kappa shape index (κ1) is 48.3. The van der Waals surface area contributed by atoms with Crippen molar-refractivity contribution in [2.45, 2.75) is 16.7 Å². The Labute approximate surface area is 390 Å². The van der Waals surface area contributed by atoms with E-state index >= 15 is 8.78 Å². The Morgan fingerprint density at radius 3 is 1.50 bits per heavy atom. The van der Waals surface area contributed by atoms with Gasteiger partial charge in [0.15, 0.2) is 32.8 Å². The number of aromatic carboxylic acids is 1. The monoisotopic (exact) mass is 1020 g/mol. The quantitative estimate of drug-likeness (QED) is 0.0780. The molecule has 20 nitrogen and oxygen atoms in total. The molecule has 352 valence electrons. The summed E-state index contributed by atoms with van der Waals surface area (Å²) in [5.74, 6) is -7.02. The number of ether oxygens (including phenoxy) is 3. The molecule has 0 radical (unpaired) electrons. The minimum Gasteiger partial charge on any atom is -0.480 e. The van der Waals surface area contributed by atoms with Gasteiger partial charge in [0.05, 0.1) is 88.2 Å². The van der Waals surface area contributed by atoms with Crippen LogP contribution in [0.25, 0.3) is 33.5 Å². The van der Waals surface area contributed by atoms with E-state index in [4.69, 9.17) is 42.5 Å². The lowest BCUT2D eigenvalue weighted by atomic mass is 10.1. The molecule has 6 heterocycles. The van der Waals surface area contributed by atoms with Crippen molar-refractivity contribution in [3.8, 4) is 34.3 Å². The van der Waals surface area contributed by atoms with Gasteiger partial charge in [-0.05, 0) is 43.3 Å². The molecule has 0 aliphatic heterocycles. The highest BCUT2D eigenvalue weighted by Gasteiger charge is 2.28. The molecule has 3 N–H and O–H groups in total. The summed E-state index contributed by atoms with van der Waals surface area (Å²) in [4.78, 5) is 45.5. The largest absolute Gasteiger partial charge is 0.480 e. The van der Waals surface area contributed by atoms with Crippen LogP contribution in [-0.4, -0.2) is 93.4 Å². The number of aromatic nitrogens is 8. The first-order valence-corrected chi connectivity index (χ1v) is 22.5. The van der Waals surface area contributed by atoms with Crippen LogP contribution in [0.4, 0.5) is 28.9 Å². The minimum atomic E-state index is -4.44. The Bertz CT molecular complexity index is 3550. The normalized spacial score (nSPS) is 11.5. The van der Waals surface area contributed by atoms with Crippen molar-refractivity contribution in [1.29, 1.82) is 0 Å². The smallest absolute Gasteiger partial charge is 0.359 e. The van der Waals surface area contributed by atoms with Crippen molar-refractivity contribution in [2.75, 3.05) is 30.3 Å². The number of nitrogens with zero attached hydrogens (tertiary/aromatic N) is 8. The van der Waals surface area contributed by atoms with Crippen LogP contribution in [-0.2, 0) is 24.8 Å². The zero-order valence-corrected chi connectivity index (χ0v) is 37.7. The number of nitrogens with one attached hydrogen (secondary N) is 2. The van der Waals surface area contributed by atoms with Gasteiger partial charge in [0.1, 0.15) is 24.3 Å². The number of sulfonamides is 2. The molecule has 68 heavy (non-hydrogen) atoms. The lowest BCUT2D eigenvalue weighted by molar-refractivity contribution is 0.0521. The highest BCUT2D eigenvalue weighted by atomic mass is 35.5. The number of fused-ring (bicyclic) bond motifs is 2. The second-order valence-electron chi connectivity index (χ2n) is 13.4. The number of hydrogen-bond acceptors (Lipinski definition) is 15. The van der Waals surface area contributed by atoms with E-state index in [2.05, 4.69) is 34.6 Å². The average Bonchev–Trinajstić information content (AvgIpc) is 3.93. The summed E-state index contributed by atoms with van der Waals surface area (Å²) >= 11 is 11.7. The number of pyridine rings is 2. The number of benzene rings is 2. The fraction of sp³-hybridized carbons (Fsp3) is 0.100. The van der Waals surface area contributed by atoms with Crippen molar-refractivity contribution < 1.29 is 63.3 Å². The van der Waals surface area contributed by atoms with Crippen LogP contribution < -0.4 is 18.9 Å². The van der Waals surface area contributed by atoms with E-state index < -0.39 is 87.5 Å². The zero-order valence-electron chi connectivity index (χ0n) is 34.6. The summed E-state index contributed by atoms with van der Waals surface area (Å²) in [5.41, 5.74) is -2.73. The molecular formula is C40H28Cl2F4N10O10S2. The number of carboxylic acids is 1. The van der Waals surface area contributed by atoms with Crippen LogP contribution >= 0.6 is 23.2 Å². The van der Waals surface area contributed by atoms with Gasteiger partial charge in [-0.2, -0.15) is 0 Å². The topological polar surface area (TPSA) is 261 Å². The molecule has 0 aliphatic rings. The minimum absolute atomic E-state index is 0.00462. The number of carboxylic acid groups (broad SMARTS) is 1. The van der Waals surface area contributed by atoms with E-state index in [-0.39, 0.29) is 62.2 Å². The molecule has 0 aliphatic carbocycles. The Morgan fingerprint density at radius 1 is 0.662 bits per heavy atom. The molecule has 0 atom stereocenters. The summed E-state index contributed by atoms with van der Waals surface area (Å²) < 4.78 is 133. The van der Waals surface area contributed by atoms with Crippen molar-refractivity contribution in [2.24, 2.45) is 0 Å². The van der Waals surface area contributed by atoms with Crippen LogP contribution in [0.2, 0.25) is 10.0 Å². The highest BCUT2D eigenvalue weighted by molar-refractivity contribution is 7.93. The van der Waals surface area contributed by atoms with Crippen molar-refractivity contribution in [1.82, 2.24) is 38.7 Å². The van der Waals surface area contributed by atoms with Crippen LogP contribution in [0, 0.1) is 23.3 Å². The van der Waals surface area contributed by atoms with Gasteiger partial charge >= 0.3 is 11.9 Å². The number of carbonyl (C=O) groups excluding carboxylic acids is 1. The van der Waals surface area contributed by atoms with Crippen molar-refractivity contribution in [3.63, 3.8) is 0 Å². The number of carbonyl (C=O) groups is 2. The Hall–Kier alpha value is -7.68. The average molecular weight is 1020 g/mol. The fourth-order valence-electron chi connectivity index (χ4n) is 6.21. The molecule has 0 fully saturated rings. The number of rotatable bonds is 13. The molecule has 8 aromatic rings. The first-order chi connectivity index (χ1) is 32.3. The zero-order chi connectivity index (χ0) is 49.2. The van der Waals surface area contributed by atoms with E-state index in [0.717, 1.165) is 48.9 Å². The number of methoxy groups -OCH3 is 2. The first-order valence-electron chi connectivity index (χ1n) is 18.8. The number of esters is 1. The third-order valence-electron chi connectivity index (χ3n) is 9.23. The molecule has 6 aromatic heterocycles. The summed E-state index contributed by atoms with van der Waals surface area (Å²) in [6, 6.07) is 5.69. The number of anilines is 2. The van der Waals surface area contributed by atoms with Gasteiger partial charge in [-0.1, -0.05) is 23.2 Å². The third kappa shape index (κ3) is 9.59. The van der Waals surface area contributed by atoms with E-state index in [1.54, 1.807) is 6.92 Å². The van der Waals surface area contributed by atoms with Gasteiger partial charge in [0.25, 0.3) is 20.0 Å². The van der Waals surface area contributed by atoms with Crippen LogP contribution in [0.15, 0.2) is 96.0 Å². The second kappa shape index (κ2) is 19.3. The maximum atomic E-state index is 15.4. The number of hydrogen-bond donors (Lipinski definition) is 3. The Balaban J connectivity index is 0.000000202. The predicted octanol–water partition coefficient (Wildman–Crippen LogP) is 6.94. The predicted molar refractivity (Wildman–Crippen MR) is 233 cm³/mol. The van der Waals surface area contributed by atoms with Gasteiger partial charge < -0.3 is 28.1 Å². The molecule has 0 saturated carbocycles. The highest BCUT2D eigenvalue weighted by Crippen LogP contribution is 2.35. The van der Waals surface area contributed by atoms with Gasteiger partial charge in [-0.3, -0.25) is 19.4 Å². The molecule has 0 amide bonds. The van der Waals surface area contributed by atoms with Crippen LogP contribution in [0.3, 0.4) is 0 Å². The lowest BCUT2D eigenvalue weighted by Gasteiger charge is -2.14. The maximum absolute atomic E-state index is 15.4. The summed E-state index contributed by atoms with van der Waals surface area (Å²) in [5, 5.41) is 9.13. The standard InChI is InChI=1S/C21H16ClF2N5O5S.C19H12ClF2N5O5S/c1-3-34-21(30)19-15-8-25-14(9-29(15)10-27-19)17-12(23)4-5-13(18(17)24)28-35(31,32)16-6-11(22)7-26-20(16)33-2;1-32-18-14(4-9(20)5-24-18)33(30,31)26-11-3-2-10(21)15(16(11)22)12-7-27-8-25-17(19(28)29)13(27)6-23-12/h4-10,28H,3H2,1-2H3;2-8,26H,1H3,(H,28,29). The van der Waals surface area contributed by atoms with E-state index in [0.29, 0.717) is 0 Å². The van der Waals surface area contributed by atoms with Crippen LogP contribution in [0.1, 0.15) is 27.9 Å². The third-order valence-corrected chi connectivity index (χ3v) is 12.4. The maximum Gasteiger partial charge on any atom is 0.359 e. The lowest BCUT2D eigenvalue weighted by Crippen LogP contribution is -2.16. The molecule has 0 bridgehead atoms. The molecule has 0 saturated heterocycles. The Morgan fingerprint density at radius 2 is 1.09 bits per heavy atom. The van der Waals surface area contributed by atoms with Crippen LogP contribution in [0.5, 0.6) is 11.8 Å². The van der Waals surface area contributed by atoms with Gasteiger partial charge in [0, 0.05) is 24.8 Å². The number of imidazole rings is 2. The molecule has 2 aromatic carbocycles. The summed E-state index contributed by atoms with van der Waals surface area (Å²) in [6.45, 7) is 1.78. The summed E-state index contributed by atoms with van der Waals surface area (Å²) in [7, 11) is -6.47. The van der Waals surface area contributed by atoms with E-state index in [1.807, 2.05) is 4.72 Å². The molecule has 0 spiro atoms. The molecule has 28 heteroatoms. The van der Waals surface area contributed by atoms with E-state index in [9.17, 15) is 35.2 Å². The van der Waals surface area contributed by atoms with Crippen molar-refractivity contribution in [3.05, 3.63) is 131 Å². The number of halogens is 6. The van der Waals surface area contributed by atoms with Gasteiger partial charge in [-0.25, -0.2) is 63.9 Å². The fourth-order valence-corrected chi connectivity index (χ4v) is 9.07. The van der Waals surface area contributed by atoms with Crippen molar-refractivity contribution >= 4 is 77.6 Å².